The van der Waals surface area contributed by atoms with Crippen LogP contribution in [0.4, 0.5) is 5.82 Å². The number of carboxylic acids is 1. The number of carboxylic acid groups (broad SMARTS) is 1. The molecular weight excluding hydrogens is 336 g/mol. The second kappa shape index (κ2) is 8.48. The second-order valence-corrected chi connectivity index (χ2v) is 5.92. The number of ether oxygens (including phenoxy) is 2. The highest BCUT2D eigenvalue weighted by Crippen LogP contribution is 2.19. The molecule has 8 heteroatoms. The summed E-state index contributed by atoms with van der Waals surface area (Å²) in [6.45, 7) is 4.88. The number of aromatic nitrogens is 2. The van der Waals surface area contributed by atoms with E-state index in [4.69, 9.17) is 14.6 Å². The van der Waals surface area contributed by atoms with Crippen molar-refractivity contribution in [3.05, 3.63) is 42.4 Å². The molecule has 2 aromatic rings. The lowest BCUT2D eigenvalue weighted by molar-refractivity contribution is 0.0690. The van der Waals surface area contributed by atoms with Crippen LogP contribution in [0, 0.1) is 0 Å². The van der Waals surface area contributed by atoms with Crippen LogP contribution in [-0.4, -0.2) is 72.4 Å². The van der Waals surface area contributed by atoms with Crippen molar-refractivity contribution in [2.45, 2.75) is 0 Å². The van der Waals surface area contributed by atoms with Crippen LogP contribution in [0.15, 0.2) is 36.7 Å². The average Bonchev–Trinajstić information content (AvgIpc) is 2.69. The normalized spacial score (nSPS) is 14.9. The van der Waals surface area contributed by atoms with E-state index in [0.29, 0.717) is 12.4 Å². The number of hydrogen-bond acceptors (Lipinski definition) is 7. The number of hydrogen-bond donors (Lipinski definition) is 1. The number of benzene rings is 1. The Bertz CT molecular complexity index is 730. The van der Waals surface area contributed by atoms with Crippen LogP contribution in [0.3, 0.4) is 0 Å². The lowest BCUT2D eigenvalue weighted by Gasteiger charge is -2.35. The van der Waals surface area contributed by atoms with E-state index in [9.17, 15) is 4.79 Å². The number of anilines is 1. The third kappa shape index (κ3) is 4.60. The van der Waals surface area contributed by atoms with E-state index in [1.54, 1.807) is 7.11 Å². The molecular formula is C18H22N4O4. The van der Waals surface area contributed by atoms with Crippen molar-refractivity contribution in [2.24, 2.45) is 0 Å². The number of rotatable bonds is 7. The van der Waals surface area contributed by atoms with Crippen molar-refractivity contribution in [2.75, 3.05) is 51.3 Å². The molecule has 1 aromatic carbocycles. The molecule has 0 atom stereocenters. The Hall–Kier alpha value is -2.87. The molecule has 0 saturated carbocycles. The van der Waals surface area contributed by atoms with Gasteiger partial charge in [0.2, 0.25) is 0 Å². The summed E-state index contributed by atoms with van der Waals surface area (Å²) in [7, 11) is 1.64. The number of carbonyl (C=O) groups is 1. The first-order valence-corrected chi connectivity index (χ1v) is 8.45. The predicted octanol–water partition coefficient (Wildman–Crippen LogP) is 1.38. The van der Waals surface area contributed by atoms with Crippen LogP contribution >= 0.6 is 0 Å². The number of nitrogens with zero attached hydrogens (tertiary/aromatic N) is 4. The van der Waals surface area contributed by atoms with E-state index in [2.05, 4.69) is 19.8 Å². The number of methoxy groups -OCH3 is 1. The first kappa shape index (κ1) is 17.9. The molecule has 138 valence electrons. The molecule has 1 aliphatic rings. The maximum atomic E-state index is 10.8. The van der Waals surface area contributed by atoms with Gasteiger partial charge in [0.25, 0.3) is 0 Å². The van der Waals surface area contributed by atoms with Crippen molar-refractivity contribution in [3.63, 3.8) is 0 Å². The molecule has 0 amide bonds. The second-order valence-electron chi connectivity index (χ2n) is 5.92. The topological polar surface area (TPSA) is 88.0 Å². The fourth-order valence-electron chi connectivity index (χ4n) is 2.78. The fraction of sp³-hybridized carbons (Fsp3) is 0.389. The summed E-state index contributed by atoms with van der Waals surface area (Å²) in [5, 5.41) is 8.87. The van der Waals surface area contributed by atoms with E-state index in [1.165, 1.54) is 12.4 Å². The van der Waals surface area contributed by atoms with Gasteiger partial charge in [-0.2, -0.15) is 0 Å². The van der Waals surface area contributed by atoms with Gasteiger partial charge >= 0.3 is 5.97 Å². The summed E-state index contributed by atoms with van der Waals surface area (Å²) in [6, 6.07) is 7.58. The highest BCUT2D eigenvalue weighted by molar-refractivity contribution is 5.84. The third-order valence-corrected chi connectivity index (χ3v) is 4.27. The standard InChI is InChI=1S/C18H22N4O4/c1-25-14-3-2-4-15(11-14)26-10-9-21-5-7-22(8-6-21)17-13-19-16(12-20-17)18(23)24/h2-4,11-13H,5-10H2,1H3,(H,23,24). The van der Waals surface area contributed by atoms with E-state index in [-0.39, 0.29) is 5.69 Å². The minimum Gasteiger partial charge on any atom is -0.497 e. The van der Waals surface area contributed by atoms with Crippen molar-refractivity contribution >= 4 is 11.8 Å². The average molecular weight is 358 g/mol. The quantitative estimate of drug-likeness (QED) is 0.794. The molecule has 0 spiro atoms. The summed E-state index contributed by atoms with van der Waals surface area (Å²) in [5.74, 6) is 1.23. The minimum atomic E-state index is -1.06. The molecule has 0 aliphatic carbocycles. The van der Waals surface area contributed by atoms with Crippen molar-refractivity contribution in [1.82, 2.24) is 14.9 Å². The summed E-state index contributed by atoms with van der Waals surface area (Å²) < 4.78 is 11.0. The van der Waals surface area contributed by atoms with Gasteiger partial charge in [0, 0.05) is 38.8 Å². The first-order valence-electron chi connectivity index (χ1n) is 8.45. The van der Waals surface area contributed by atoms with E-state index in [0.717, 1.165) is 44.2 Å². The SMILES string of the molecule is COc1cccc(OCCN2CCN(c3cnc(C(=O)O)cn3)CC2)c1. The Morgan fingerprint density at radius 3 is 2.58 bits per heavy atom. The van der Waals surface area contributed by atoms with Crippen LogP contribution in [0.25, 0.3) is 0 Å². The van der Waals surface area contributed by atoms with E-state index in [1.807, 2.05) is 24.3 Å². The maximum Gasteiger partial charge on any atom is 0.356 e. The highest BCUT2D eigenvalue weighted by Gasteiger charge is 2.18. The van der Waals surface area contributed by atoms with E-state index >= 15 is 0 Å². The van der Waals surface area contributed by atoms with Crippen LogP contribution in [0.1, 0.15) is 10.5 Å². The molecule has 8 nitrogen and oxygen atoms in total. The molecule has 1 saturated heterocycles. The van der Waals surface area contributed by atoms with E-state index < -0.39 is 5.97 Å². The Morgan fingerprint density at radius 1 is 1.15 bits per heavy atom. The Kier molecular flexibility index (Phi) is 5.85. The first-order chi connectivity index (χ1) is 12.7. The molecule has 1 N–H and O–H groups in total. The smallest absolute Gasteiger partial charge is 0.356 e. The summed E-state index contributed by atoms with van der Waals surface area (Å²) in [5.41, 5.74) is -0.0397. The van der Waals surface area contributed by atoms with Gasteiger partial charge in [0.15, 0.2) is 5.69 Å². The van der Waals surface area contributed by atoms with Crippen LogP contribution < -0.4 is 14.4 Å². The lowest BCUT2D eigenvalue weighted by Crippen LogP contribution is -2.47. The largest absolute Gasteiger partial charge is 0.497 e. The van der Waals surface area contributed by atoms with Crippen LogP contribution in [0.5, 0.6) is 11.5 Å². The molecule has 1 aromatic heterocycles. The Morgan fingerprint density at radius 2 is 1.92 bits per heavy atom. The molecule has 0 radical (unpaired) electrons. The van der Waals surface area contributed by atoms with Crippen molar-refractivity contribution in [1.29, 1.82) is 0 Å². The molecule has 1 aliphatic heterocycles. The summed E-state index contributed by atoms with van der Waals surface area (Å²) >= 11 is 0. The van der Waals surface area contributed by atoms with Gasteiger partial charge < -0.3 is 19.5 Å². The van der Waals surface area contributed by atoms with Gasteiger partial charge in [0.1, 0.15) is 23.9 Å². The zero-order chi connectivity index (χ0) is 18.4. The molecule has 1 fully saturated rings. The monoisotopic (exact) mass is 358 g/mol. The van der Waals surface area contributed by atoms with Gasteiger partial charge in [-0.05, 0) is 12.1 Å². The number of piperazine rings is 1. The van der Waals surface area contributed by atoms with Crippen LogP contribution in [0.2, 0.25) is 0 Å². The molecule has 3 rings (SSSR count). The van der Waals surface area contributed by atoms with Gasteiger partial charge in [0.05, 0.1) is 19.5 Å². The van der Waals surface area contributed by atoms with Crippen LogP contribution in [-0.2, 0) is 0 Å². The van der Waals surface area contributed by atoms with Crippen molar-refractivity contribution < 1.29 is 19.4 Å². The van der Waals surface area contributed by atoms with Crippen molar-refractivity contribution in [3.8, 4) is 11.5 Å². The lowest BCUT2D eigenvalue weighted by atomic mass is 10.3. The van der Waals surface area contributed by atoms with Gasteiger partial charge in [-0.1, -0.05) is 6.07 Å². The maximum absolute atomic E-state index is 10.8. The summed E-state index contributed by atoms with van der Waals surface area (Å²) in [6.07, 6.45) is 2.82. The Balaban J connectivity index is 1.42. The molecule has 2 heterocycles. The predicted molar refractivity (Wildman–Crippen MR) is 96.1 cm³/mol. The molecule has 26 heavy (non-hydrogen) atoms. The van der Waals surface area contributed by atoms with Gasteiger partial charge in [-0.25, -0.2) is 14.8 Å². The zero-order valence-electron chi connectivity index (χ0n) is 14.7. The minimum absolute atomic E-state index is 0.0397. The Labute approximate surface area is 152 Å². The van der Waals surface area contributed by atoms with Gasteiger partial charge in [-0.3, -0.25) is 4.90 Å². The number of aromatic carboxylic acids is 1. The highest BCUT2D eigenvalue weighted by atomic mass is 16.5. The molecule has 0 bridgehead atoms. The fourth-order valence-corrected chi connectivity index (χ4v) is 2.78. The third-order valence-electron chi connectivity index (χ3n) is 4.27. The summed E-state index contributed by atoms with van der Waals surface area (Å²) in [4.78, 5) is 23.4. The zero-order valence-corrected chi connectivity index (χ0v) is 14.7. The molecule has 0 unspecified atom stereocenters. The van der Waals surface area contributed by atoms with Gasteiger partial charge in [-0.15, -0.1) is 0 Å².